The molecule has 0 amide bonds. The minimum absolute atomic E-state index is 0.0193. The molecule has 11 heavy (non-hydrogen) atoms. The predicted octanol–water partition coefficient (Wildman–Crippen LogP) is -0.192. The Hall–Kier alpha value is -0.870. The van der Waals surface area contributed by atoms with Gasteiger partial charge in [-0.3, -0.25) is 0 Å². The first kappa shape index (κ1) is 10.1. The Morgan fingerprint density at radius 2 is 2.09 bits per heavy atom. The van der Waals surface area contributed by atoms with Gasteiger partial charge in [-0.05, 0) is 12.8 Å². The van der Waals surface area contributed by atoms with Crippen LogP contribution < -0.4 is 0 Å². The van der Waals surface area contributed by atoms with Crippen LogP contribution in [0.25, 0.3) is 0 Å². The zero-order chi connectivity index (χ0) is 8.69. The molecule has 0 unspecified atom stereocenters. The minimum Gasteiger partial charge on any atom is -0.435 e. The van der Waals surface area contributed by atoms with Gasteiger partial charge in [0.15, 0.2) is 6.79 Å². The molecule has 0 aromatic rings. The van der Waals surface area contributed by atoms with Gasteiger partial charge in [-0.1, -0.05) is 6.58 Å². The average Bonchev–Trinajstić information content (AvgIpc) is 2.00. The van der Waals surface area contributed by atoms with Gasteiger partial charge < -0.3 is 14.9 Å². The van der Waals surface area contributed by atoms with Crippen LogP contribution in [-0.4, -0.2) is 29.6 Å². The van der Waals surface area contributed by atoms with Crippen molar-refractivity contribution in [3.8, 4) is 0 Å². The van der Waals surface area contributed by atoms with E-state index in [4.69, 9.17) is 10.2 Å². The number of rotatable bonds is 5. The second-order valence-corrected chi connectivity index (χ2v) is 1.99. The first-order valence-corrected chi connectivity index (χ1v) is 3.29. The third-order valence-corrected chi connectivity index (χ3v) is 1.12. The highest BCUT2D eigenvalue weighted by atomic mass is 16.6. The normalized spacial score (nSPS) is 9.27. The van der Waals surface area contributed by atoms with Crippen LogP contribution in [0.2, 0.25) is 0 Å². The maximum absolute atomic E-state index is 10.7. The van der Waals surface area contributed by atoms with Crippen molar-refractivity contribution >= 4 is 5.97 Å². The van der Waals surface area contributed by atoms with E-state index in [-0.39, 0.29) is 12.2 Å². The molecule has 0 aliphatic rings. The molecular weight excluding hydrogens is 148 g/mol. The molecule has 0 saturated carbocycles. The highest BCUT2D eigenvalue weighted by molar-refractivity contribution is 5.87. The quantitative estimate of drug-likeness (QED) is 0.332. The Morgan fingerprint density at radius 3 is 2.55 bits per heavy atom. The zero-order valence-corrected chi connectivity index (χ0v) is 6.25. The number of carbonyl (C=O) groups is 1. The lowest BCUT2D eigenvalue weighted by Crippen LogP contribution is -2.08. The smallest absolute Gasteiger partial charge is 0.335 e. The van der Waals surface area contributed by atoms with E-state index in [0.29, 0.717) is 12.8 Å². The van der Waals surface area contributed by atoms with Crippen LogP contribution in [0.1, 0.15) is 12.8 Å². The molecule has 2 N–H and O–H groups in total. The highest BCUT2D eigenvalue weighted by Gasteiger charge is 2.06. The van der Waals surface area contributed by atoms with Gasteiger partial charge in [-0.25, -0.2) is 4.79 Å². The minimum atomic E-state index is -0.628. The van der Waals surface area contributed by atoms with Crippen LogP contribution in [0.5, 0.6) is 0 Å². The molecule has 0 heterocycles. The lowest BCUT2D eigenvalue weighted by Gasteiger charge is -2.02. The molecule has 0 radical (unpaired) electrons. The molecule has 0 aromatic carbocycles. The van der Waals surface area contributed by atoms with Crippen LogP contribution in [0.15, 0.2) is 12.2 Å². The van der Waals surface area contributed by atoms with Crippen LogP contribution in [-0.2, 0) is 9.53 Å². The second-order valence-electron chi connectivity index (χ2n) is 1.99. The number of carbonyl (C=O) groups excluding carboxylic acids is 1. The molecule has 0 aliphatic heterocycles. The molecule has 4 heteroatoms. The maximum Gasteiger partial charge on any atom is 0.335 e. The van der Waals surface area contributed by atoms with Crippen molar-refractivity contribution in [1.82, 2.24) is 0 Å². The first-order chi connectivity index (χ1) is 5.22. The number of aliphatic hydroxyl groups excluding tert-OH is 2. The van der Waals surface area contributed by atoms with Crippen molar-refractivity contribution in [2.45, 2.75) is 12.8 Å². The Balaban J connectivity index is 3.56. The molecule has 0 saturated heterocycles. The number of ether oxygens (including phenoxy) is 1. The summed E-state index contributed by atoms with van der Waals surface area (Å²) < 4.78 is 4.24. The Bertz CT molecular complexity index is 141. The summed E-state index contributed by atoms with van der Waals surface area (Å²) in [5.41, 5.74) is 0.271. The summed E-state index contributed by atoms with van der Waals surface area (Å²) in [6.45, 7) is 2.81. The van der Waals surface area contributed by atoms with E-state index in [2.05, 4.69) is 11.3 Å². The lowest BCUT2D eigenvalue weighted by atomic mass is 10.2. The van der Waals surface area contributed by atoms with Gasteiger partial charge in [0, 0.05) is 12.2 Å². The van der Waals surface area contributed by atoms with Gasteiger partial charge in [0.05, 0.1) is 0 Å². The van der Waals surface area contributed by atoms with E-state index in [1.807, 2.05) is 0 Å². The van der Waals surface area contributed by atoms with E-state index in [0.717, 1.165) is 0 Å². The van der Waals surface area contributed by atoms with Gasteiger partial charge >= 0.3 is 5.97 Å². The molecule has 0 bridgehead atoms. The summed E-state index contributed by atoms with van der Waals surface area (Å²) in [6.07, 6.45) is 0.884. The van der Waals surface area contributed by atoms with Crippen molar-refractivity contribution in [2.24, 2.45) is 0 Å². The van der Waals surface area contributed by atoms with Crippen LogP contribution >= 0.6 is 0 Å². The molecular formula is C7H12O4. The molecule has 0 fully saturated rings. The van der Waals surface area contributed by atoms with Crippen molar-refractivity contribution in [3.05, 3.63) is 12.2 Å². The van der Waals surface area contributed by atoms with Gasteiger partial charge in [0.25, 0.3) is 0 Å². The Morgan fingerprint density at radius 1 is 1.45 bits per heavy atom. The molecule has 64 valence electrons. The predicted molar refractivity (Wildman–Crippen MR) is 38.6 cm³/mol. The van der Waals surface area contributed by atoms with Gasteiger partial charge in [-0.2, -0.15) is 0 Å². The topological polar surface area (TPSA) is 66.8 Å². The average molecular weight is 160 g/mol. The van der Waals surface area contributed by atoms with E-state index >= 15 is 0 Å². The monoisotopic (exact) mass is 160 g/mol. The number of hydrogen-bond donors (Lipinski definition) is 2. The third kappa shape index (κ3) is 4.52. The van der Waals surface area contributed by atoms with Crippen molar-refractivity contribution in [2.75, 3.05) is 13.4 Å². The van der Waals surface area contributed by atoms with Crippen LogP contribution in [0.4, 0.5) is 0 Å². The fraction of sp³-hybridized carbons (Fsp3) is 0.571. The molecule has 0 atom stereocenters. The molecule has 0 spiro atoms. The summed E-state index contributed by atoms with van der Waals surface area (Å²) in [6, 6.07) is 0. The lowest BCUT2D eigenvalue weighted by molar-refractivity contribution is -0.147. The van der Waals surface area contributed by atoms with Crippen molar-refractivity contribution < 1.29 is 19.7 Å². The van der Waals surface area contributed by atoms with Gasteiger partial charge in [-0.15, -0.1) is 0 Å². The highest BCUT2D eigenvalue weighted by Crippen LogP contribution is 2.03. The fourth-order valence-electron chi connectivity index (χ4n) is 0.555. The molecule has 0 aromatic heterocycles. The summed E-state index contributed by atoms with van der Waals surface area (Å²) in [5, 5.41) is 16.6. The van der Waals surface area contributed by atoms with Crippen molar-refractivity contribution in [1.29, 1.82) is 0 Å². The number of hydrogen-bond acceptors (Lipinski definition) is 4. The summed E-state index contributed by atoms with van der Waals surface area (Å²) >= 11 is 0. The van der Waals surface area contributed by atoms with Crippen LogP contribution in [0.3, 0.4) is 0 Å². The SMILES string of the molecule is C=C(CCCO)C(=O)OCO. The zero-order valence-electron chi connectivity index (χ0n) is 6.25. The van der Waals surface area contributed by atoms with Gasteiger partial charge in [0.1, 0.15) is 0 Å². The third-order valence-electron chi connectivity index (χ3n) is 1.12. The maximum atomic E-state index is 10.7. The Kier molecular flexibility index (Phi) is 5.42. The van der Waals surface area contributed by atoms with E-state index < -0.39 is 12.8 Å². The van der Waals surface area contributed by atoms with E-state index in [1.54, 1.807) is 0 Å². The summed E-state index contributed by atoms with van der Waals surface area (Å²) in [7, 11) is 0. The molecule has 0 rings (SSSR count). The van der Waals surface area contributed by atoms with Crippen molar-refractivity contribution in [3.63, 3.8) is 0 Å². The largest absolute Gasteiger partial charge is 0.435 e. The number of aliphatic hydroxyl groups is 2. The molecule has 4 nitrogen and oxygen atoms in total. The van der Waals surface area contributed by atoms with E-state index in [9.17, 15) is 4.79 Å². The van der Waals surface area contributed by atoms with E-state index in [1.165, 1.54) is 0 Å². The summed E-state index contributed by atoms with van der Waals surface area (Å²) in [5.74, 6) is -0.610. The first-order valence-electron chi connectivity index (χ1n) is 3.29. The fourth-order valence-corrected chi connectivity index (χ4v) is 0.555. The van der Waals surface area contributed by atoms with Gasteiger partial charge in [0.2, 0.25) is 0 Å². The standard InChI is InChI=1S/C7H12O4/c1-6(3-2-4-8)7(10)11-5-9/h8-9H,1-5H2. The number of esters is 1. The Labute approximate surface area is 65.1 Å². The summed E-state index contributed by atoms with van der Waals surface area (Å²) in [4.78, 5) is 10.7. The van der Waals surface area contributed by atoms with Crippen LogP contribution in [0, 0.1) is 0 Å². The molecule has 0 aliphatic carbocycles. The second kappa shape index (κ2) is 5.88.